The van der Waals surface area contributed by atoms with Crippen molar-refractivity contribution in [2.45, 2.75) is 251 Å². The van der Waals surface area contributed by atoms with E-state index in [1.54, 1.807) is 0 Å². The van der Waals surface area contributed by atoms with Gasteiger partial charge >= 0.3 is 13.8 Å². The topological polar surface area (TPSA) is 91.3 Å². The molecule has 0 bridgehead atoms. The van der Waals surface area contributed by atoms with Crippen LogP contribution in [-0.4, -0.2) is 75.6 Å². The zero-order valence-corrected chi connectivity index (χ0v) is 42.1. The SMILES string of the molecule is CCCCCC/C=C\C/C=C\CCCCCCCCOCC(COP(=O)(O)OCC[N+](C)(C)C)OC(=O)CCCCCCCCCCCCCCCCCCCCCCCC. The number of allylic oxidation sites excluding steroid dienone is 4. The number of hydrogen-bond donors (Lipinski definition) is 1. The molecule has 2 atom stereocenters. The summed E-state index contributed by atoms with van der Waals surface area (Å²) < 4.78 is 35.2. The minimum absolute atomic E-state index is 0.0886. The number of hydrogen-bond acceptors (Lipinski definition) is 6. The third-order valence-corrected chi connectivity index (χ3v) is 12.5. The first kappa shape index (κ1) is 60.0. The zero-order chi connectivity index (χ0) is 44.8. The Kier molecular flexibility index (Phi) is 44.8. The maximum Gasteiger partial charge on any atom is 0.472 e. The molecule has 1 N–H and O–H groups in total. The van der Waals surface area contributed by atoms with Gasteiger partial charge in [0.2, 0.25) is 0 Å². The number of carbonyl (C=O) groups excluding carboxylic acids is 1. The quantitative estimate of drug-likeness (QED) is 0.0214. The summed E-state index contributed by atoms with van der Waals surface area (Å²) in [5, 5.41) is 0. The van der Waals surface area contributed by atoms with Gasteiger partial charge in [-0.05, 0) is 44.9 Å². The first-order valence-corrected chi connectivity index (χ1v) is 27.6. The molecule has 0 saturated carbocycles. The fraction of sp³-hybridized carbons (Fsp3) is 0.904. The van der Waals surface area contributed by atoms with Gasteiger partial charge in [-0.25, -0.2) is 4.57 Å². The van der Waals surface area contributed by atoms with Crippen LogP contribution in [0.1, 0.15) is 245 Å². The molecule has 362 valence electrons. The number of carbonyl (C=O) groups is 1. The molecule has 0 aromatic heterocycles. The van der Waals surface area contributed by atoms with Gasteiger partial charge in [0.1, 0.15) is 19.3 Å². The van der Waals surface area contributed by atoms with Gasteiger partial charge in [-0.2, -0.15) is 0 Å². The normalized spacial score (nSPS) is 13.7. The van der Waals surface area contributed by atoms with Crippen molar-refractivity contribution in [2.24, 2.45) is 0 Å². The largest absolute Gasteiger partial charge is 0.472 e. The number of phosphoric ester groups is 1. The average Bonchev–Trinajstić information content (AvgIpc) is 3.22. The Balaban J connectivity index is 4.10. The predicted molar refractivity (Wildman–Crippen MR) is 261 cm³/mol. The van der Waals surface area contributed by atoms with Crippen LogP contribution in [-0.2, 0) is 27.9 Å². The number of phosphoric acid groups is 1. The van der Waals surface area contributed by atoms with E-state index in [4.69, 9.17) is 18.5 Å². The molecule has 0 amide bonds. The maximum absolute atomic E-state index is 12.8. The highest BCUT2D eigenvalue weighted by molar-refractivity contribution is 7.47. The van der Waals surface area contributed by atoms with Gasteiger partial charge in [0.25, 0.3) is 0 Å². The molecule has 61 heavy (non-hydrogen) atoms. The van der Waals surface area contributed by atoms with Gasteiger partial charge in [-0.15, -0.1) is 0 Å². The van der Waals surface area contributed by atoms with Crippen LogP contribution in [0.2, 0.25) is 0 Å². The van der Waals surface area contributed by atoms with Crippen LogP contribution in [0.4, 0.5) is 0 Å². The molecule has 0 aromatic rings. The second kappa shape index (κ2) is 45.5. The van der Waals surface area contributed by atoms with E-state index in [1.165, 1.54) is 180 Å². The Bertz CT molecular complexity index is 1030. The number of esters is 1. The van der Waals surface area contributed by atoms with E-state index in [0.29, 0.717) is 24.1 Å². The van der Waals surface area contributed by atoms with Gasteiger partial charge in [-0.3, -0.25) is 13.8 Å². The summed E-state index contributed by atoms with van der Waals surface area (Å²) in [6, 6.07) is 0. The van der Waals surface area contributed by atoms with Crippen molar-refractivity contribution in [1.82, 2.24) is 0 Å². The van der Waals surface area contributed by atoms with Crippen LogP contribution < -0.4 is 0 Å². The fourth-order valence-electron chi connectivity index (χ4n) is 7.47. The second-order valence-corrected chi connectivity index (χ2v) is 20.4. The van der Waals surface area contributed by atoms with Crippen LogP contribution in [0.25, 0.3) is 0 Å². The molecule has 0 aromatic carbocycles. The molecule has 0 fully saturated rings. The number of rotatable bonds is 49. The van der Waals surface area contributed by atoms with E-state index < -0.39 is 13.9 Å². The van der Waals surface area contributed by atoms with Crippen LogP contribution >= 0.6 is 7.82 Å². The van der Waals surface area contributed by atoms with Gasteiger partial charge in [-0.1, -0.05) is 218 Å². The number of unbranched alkanes of at least 4 members (excludes halogenated alkanes) is 31. The van der Waals surface area contributed by atoms with Crippen LogP contribution in [0.5, 0.6) is 0 Å². The molecular formula is C52H103NO7P+. The molecule has 0 rings (SSSR count). The van der Waals surface area contributed by atoms with Crippen molar-refractivity contribution >= 4 is 13.8 Å². The van der Waals surface area contributed by atoms with E-state index >= 15 is 0 Å². The summed E-state index contributed by atoms with van der Waals surface area (Å²) in [5.41, 5.74) is 0. The fourth-order valence-corrected chi connectivity index (χ4v) is 8.21. The molecule has 0 aliphatic heterocycles. The molecule has 0 spiro atoms. The number of likely N-dealkylation sites (N-methyl/N-ethyl adjacent to an activating group) is 1. The summed E-state index contributed by atoms with van der Waals surface area (Å²) in [7, 11) is 1.67. The number of ether oxygens (including phenoxy) is 2. The van der Waals surface area contributed by atoms with Crippen molar-refractivity contribution < 1.29 is 37.3 Å². The van der Waals surface area contributed by atoms with E-state index in [0.717, 1.165) is 44.9 Å². The van der Waals surface area contributed by atoms with Crippen LogP contribution in [0.15, 0.2) is 24.3 Å². The Labute approximate surface area is 379 Å². The van der Waals surface area contributed by atoms with Crippen molar-refractivity contribution in [3.63, 3.8) is 0 Å². The van der Waals surface area contributed by atoms with Crippen molar-refractivity contribution in [2.75, 3.05) is 54.1 Å². The highest BCUT2D eigenvalue weighted by Crippen LogP contribution is 2.43. The summed E-state index contributed by atoms with van der Waals surface area (Å²) in [6.07, 6.45) is 53.7. The van der Waals surface area contributed by atoms with E-state index in [2.05, 4.69) is 38.2 Å². The van der Waals surface area contributed by atoms with Crippen molar-refractivity contribution in [1.29, 1.82) is 0 Å². The monoisotopic (exact) mass is 885 g/mol. The lowest BCUT2D eigenvalue weighted by Gasteiger charge is -2.24. The minimum Gasteiger partial charge on any atom is -0.457 e. The zero-order valence-electron chi connectivity index (χ0n) is 41.2. The summed E-state index contributed by atoms with van der Waals surface area (Å²) in [6.45, 7) is 5.63. The average molecular weight is 885 g/mol. The smallest absolute Gasteiger partial charge is 0.457 e. The molecule has 8 nitrogen and oxygen atoms in total. The molecule has 0 radical (unpaired) electrons. The van der Waals surface area contributed by atoms with Crippen LogP contribution in [0.3, 0.4) is 0 Å². The molecule has 2 unspecified atom stereocenters. The summed E-state index contributed by atoms with van der Waals surface area (Å²) >= 11 is 0. The Morgan fingerprint density at radius 3 is 1.34 bits per heavy atom. The highest BCUT2D eigenvalue weighted by Gasteiger charge is 2.26. The highest BCUT2D eigenvalue weighted by atomic mass is 31.2. The first-order chi connectivity index (χ1) is 29.6. The van der Waals surface area contributed by atoms with Crippen molar-refractivity contribution in [3.05, 3.63) is 24.3 Å². The summed E-state index contributed by atoms with van der Waals surface area (Å²) in [4.78, 5) is 23.0. The third-order valence-electron chi connectivity index (χ3n) is 11.5. The lowest BCUT2D eigenvalue weighted by Crippen LogP contribution is -2.37. The van der Waals surface area contributed by atoms with Gasteiger partial charge in [0, 0.05) is 13.0 Å². The standard InChI is InChI=1S/C52H102NO7P/c1-6-8-10-12-14-16-18-20-22-24-25-26-27-28-29-31-33-35-37-39-41-43-45-52(54)60-51(50-59-61(55,56)58-48-46-53(3,4)5)49-57-47-44-42-40-38-36-34-32-30-23-21-19-17-15-13-11-9-7-2/h17,19,23,30,51H,6-16,18,20-22,24-29,31-50H2,1-5H3/p+1/b19-17-,30-23-. The lowest BCUT2D eigenvalue weighted by atomic mass is 10.0. The Morgan fingerprint density at radius 2 is 0.902 bits per heavy atom. The van der Waals surface area contributed by atoms with E-state index in [9.17, 15) is 14.3 Å². The maximum atomic E-state index is 12.8. The molecule has 9 heteroatoms. The van der Waals surface area contributed by atoms with Gasteiger partial charge in [0.05, 0.1) is 34.4 Å². The molecule has 0 saturated heterocycles. The van der Waals surface area contributed by atoms with Crippen molar-refractivity contribution in [3.8, 4) is 0 Å². The van der Waals surface area contributed by atoms with Gasteiger partial charge < -0.3 is 18.9 Å². The van der Waals surface area contributed by atoms with Gasteiger partial charge in [0.15, 0.2) is 0 Å². The Morgan fingerprint density at radius 1 is 0.508 bits per heavy atom. The van der Waals surface area contributed by atoms with E-state index in [1.807, 2.05) is 21.1 Å². The third kappa shape index (κ3) is 49.8. The predicted octanol–water partition coefficient (Wildman–Crippen LogP) is 16.0. The molecule has 0 aliphatic rings. The van der Waals surface area contributed by atoms with Crippen LogP contribution in [0, 0.1) is 0 Å². The number of nitrogens with zero attached hydrogens (tertiary/aromatic N) is 1. The second-order valence-electron chi connectivity index (χ2n) is 18.9. The summed E-state index contributed by atoms with van der Waals surface area (Å²) in [5.74, 6) is -0.312. The Hall–Kier alpha value is -1.02. The molecule has 0 heterocycles. The lowest BCUT2D eigenvalue weighted by molar-refractivity contribution is -0.870. The first-order valence-electron chi connectivity index (χ1n) is 26.1. The molecule has 0 aliphatic carbocycles. The number of quaternary nitrogens is 1. The molecular weight excluding hydrogens is 782 g/mol. The minimum atomic E-state index is -4.28. The van der Waals surface area contributed by atoms with E-state index in [-0.39, 0.29) is 25.8 Å².